The van der Waals surface area contributed by atoms with E-state index in [0.717, 1.165) is 17.0 Å². The zero-order valence-corrected chi connectivity index (χ0v) is 15.9. The van der Waals surface area contributed by atoms with Gasteiger partial charge in [-0.15, -0.1) is 0 Å². The summed E-state index contributed by atoms with van der Waals surface area (Å²) < 4.78 is 0.892. The first-order valence-electron chi connectivity index (χ1n) is 7.76. The van der Waals surface area contributed by atoms with Crippen molar-refractivity contribution in [1.29, 1.82) is 0 Å². The molecule has 1 aromatic carbocycles. The highest BCUT2D eigenvalue weighted by molar-refractivity contribution is 9.10. The summed E-state index contributed by atoms with van der Waals surface area (Å²) in [6.07, 6.45) is 0. The highest BCUT2D eigenvalue weighted by Gasteiger charge is 2.05. The Hall–Kier alpha value is -1.86. The summed E-state index contributed by atoms with van der Waals surface area (Å²) in [5, 5.41) is 13.4. The molecule has 1 amide bonds. The fourth-order valence-electron chi connectivity index (χ4n) is 1.98. The minimum atomic E-state index is -0.0849. The number of benzene rings is 1. The van der Waals surface area contributed by atoms with Gasteiger partial charge in [0.1, 0.15) is 0 Å². The molecule has 0 aliphatic heterocycles. The van der Waals surface area contributed by atoms with Gasteiger partial charge in [-0.2, -0.15) is 11.3 Å². The van der Waals surface area contributed by atoms with Crippen molar-refractivity contribution >= 4 is 39.1 Å². The van der Waals surface area contributed by atoms with Crippen LogP contribution in [0.2, 0.25) is 0 Å². The summed E-state index contributed by atoms with van der Waals surface area (Å²) in [5.41, 5.74) is 1.84. The molecule has 0 atom stereocenters. The third-order valence-electron chi connectivity index (χ3n) is 3.13. The lowest BCUT2D eigenvalue weighted by Gasteiger charge is -2.12. The largest absolute Gasteiger partial charge is 0.357 e. The predicted molar refractivity (Wildman–Crippen MR) is 104 cm³/mol. The van der Waals surface area contributed by atoms with Crippen LogP contribution in [0.3, 0.4) is 0 Å². The van der Waals surface area contributed by atoms with Gasteiger partial charge in [-0.05, 0) is 47.5 Å². The Bertz CT molecular complexity index is 673. The number of hydrogen-bond donors (Lipinski definition) is 3. The van der Waals surface area contributed by atoms with Gasteiger partial charge in [-0.25, -0.2) is 4.99 Å². The lowest BCUT2D eigenvalue weighted by atomic mass is 10.2. The van der Waals surface area contributed by atoms with Crippen LogP contribution in [0.25, 0.3) is 0 Å². The van der Waals surface area contributed by atoms with Crippen LogP contribution in [0.1, 0.15) is 22.8 Å². The van der Waals surface area contributed by atoms with Crippen molar-refractivity contribution < 1.29 is 4.79 Å². The predicted octanol–water partition coefficient (Wildman–Crippen LogP) is 3.00. The first-order valence-corrected chi connectivity index (χ1v) is 9.49. The molecule has 0 saturated carbocycles. The van der Waals surface area contributed by atoms with Gasteiger partial charge in [0.05, 0.1) is 6.54 Å². The summed E-state index contributed by atoms with van der Waals surface area (Å²) in [7, 11) is 0. The minimum absolute atomic E-state index is 0.0849. The molecule has 0 saturated heterocycles. The molecular formula is C17H21BrN4OS. The monoisotopic (exact) mass is 408 g/mol. The van der Waals surface area contributed by atoms with E-state index in [9.17, 15) is 4.79 Å². The number of rotatable bonds is 7. The number of carbonyl (C=O) groups excluding carboxylic acids is 1. The van der Waals surface area contributed by atoms with E-state index in [1.54, 1.807) is 23.5 Å². The fourth-order valence-corrected chi connectivity index (χ4v) is 3.04. The van der Waals surface area contributed by atoms with E-state index < -0.39 is 0 Å². The number of nitrogens with one attached hydrogen (secondary N) is 3. The lowest BCUT2D eigenvalue weighted by molar-refractivity contribution is 0.0954. The molecule has 1 heterocycles. The number of halogens is 1. The molecule has 0 aliphatic carbocycles. The van der Waals surface area contributed by atoms with Gasteiger partial charge in [-0.1, -0.05) is 22.0 Å². The van der Waals surface area contributed by atoms with Crippen molar-refractivity contribution in [3.8, 4) is 0 Å². The lowest BCUT2D eigenvalue weighted by Crippen LogP contribution is -2.41. The van der Waals surface area contributed by atoms with Crippen LogP contribution in [-0.4, -0.2) is 31.5 Å². The molecule has 0 bridgehead atoms. The van der Waals surface area contributed by atoms with Crippen LogP contribution in [-0.2, 0) is 6.54 Å². The number of hydrogen-bond acceptors (Lipinski definition) is 3. The maximum atomic E-state index is 12.0. The topological polar surface area (TPSA) is 65.5 Å². The average Bonchev–Trinajstić information content (AvgIpc) is 3.09. The molecule has 0 unspecified atom stereocenters. The first-order chi connectivity index (χ1) is 11.7. The molecule has 0 aliphatic rings. The SMILES string of the molecule is CCNC(=NCc1ccsc1)NCCNC(=O)c1cccc(Br)c1. The van der Waals surface area contributed by atoms with Crippen molar-refractivity contribution in [3.63, 3.8) is 0 Å². The smallest absolute Gasteiger partial charge is 0.251 e. The van der Waals surface area contributed by atoms with Gasteiger partial charge in [0.15, 0.2) is 5.96 Å². The van der Waals surface area contributed by atoms with Crippen LogP contribution < -0.4 is 16.0 Å². The van der Waals surface area contributed by atoms with Crippen molar-refractivity contribution in [1.82, 2.24) is 16.0 Å². The summed E-state index contributed by atoms with van der Waals surface area (Å²) in [6, 6.07) is 9.40. The van der Waals surface area contributed by atoms with E-state index in [1.165, 1.54) is 5.56 Å². The van der Waals surface area contributed by atoms with E-state index in [1.807, 2.05) is 24.4 Å². The van der Waals surface area contributed by atoms with Crippen molar-refractivity contribution in [2.75, 3.05) is 19.6 Å². The van der Waals surface area contributed by atoms with Gasteiger partial charge < -0.3 is 16.0 Å². The second-order valence-electron chi connectivity index (χ2n) is 5.02. The zero-order chi connectivity index (χ0) is 17.2. The first kappa shape index (κ1) is 18.5. The quantitative estimate of drug-likeness (QED) is 0.374. The Morgan fingerprint density at radius 2 is 2.04 bits per heavy atom. The molecule has 0 fully saturated rings. The standard InChI is InChI=1S/C17H21BrN4OS/c1-2-19-17(22-11-13-6-9-24-12-13)21-8-7-20-16(23)14-4-3-5-15(18)10-14/h3-6,9-10,12H,2,7-8,11H2,1H3,(H,20,23)(H2,19,21,22). The molecule has 128 valence electrons. The summed E-state index contributed by atoms with van der Waals surface area (Å²) in [6.45, 7) is 4.59. The minimum Gasteiger partial charge on any atom is -0.357 e. The van der Waals surface area contributed by atoms with E-state index in [4.69, 9.17) is 0 Å². The molecule has 0 radical (unpaired) electrons. The normalized spacial score (nSPS) is 11.2. The Balaban J connectivity index is 1.76. The van der Waals surface area contributed by atoms with E-state index >= 15 is 0 Å². The van der Waals surface area contributed by atoms with Crippen LogP contribution in [0.15, 0.2) is 50.6 Å². The second kappa shape index (κ2) is 10.1. The number of thiophene rings is 1. The van der Waals surface area contributed by atoms with Crippen LogP contribution in [0.5, 0.6) is 0 Å². The number of guanidine groups is 1. The van der Waals surface area contributed by atoms with Crippen LogP contribution in [0, 0.1) is 0 Å². The third-order valence-corrected chi connectivity index (χ3v) is 4.36. The van der Waals surface area contributed by atoms with Crippen LogP contribution >= 0.6 is 27.3 Å². The van der Waals surface area contributed by atoms with Gasteiger partial charge in [-0.3, -0.25) is 4.79 Å². The Kier molecular flexibility index (Phi) is 7.77. The molecular weight excluding hydrogens is 388 g/mol. The Morgan fingerprint density at radius 3 is 2.75 bits per heavy atom. The van der Waals surface area contributed by atoms with Gasteiger partial charge in [0.25, 0.3) is 5.91 Å². The number of carbonyl (C=O) groups is 1. The summed E-state index contributed by atoms with van der Waals surface area (Å²) >= 11 is 5.03. The van der Waals surface area contributed by atoms with E-state index in [-0.39, 0.29) is 5.91 Å². The van der Waals surface area contributed by atoms with E-state index in [0.29, 0.717) is 25.2 Å². The molecule has 0 spiro atoms. The number of nitrogens with zero attached hydrogens (tertiary/aromatic N) is 1. The molecule has 2 rings (SSSR count). The fraction of sp³-hybridized carbons (Fsp3) is 0.294. The molecule has 2 aromatic rings. The Labute approximate surface area is 154 Å². The molecule has 7 heteroatoms. The summed E-state index contributed by atoms with van der Waals surface area (Å²) in [5.74, 6) is 0.665. The molecule has 1 aromatic heterocycles. The van der Waals surface area contributed by atoms with Crippen molar-refractivity contribution in [2.24, 2.45) is 4.99 Å². The zero-order valence-electron chi connectivity index (χ0n) is 13.5. The van der Waals surface area contributed by atoms with Crippen LogP contribution in [0.4, 0.5) is 0 Å². The van der Waals surface area contributed by atoms with E-state index in [2.05, 4.69) is 48.3 Å². The number of aliphatic imine (C=N–C) groups is 1. The van der Waals surface area contributed by atoms with Gasteiger partial charge >= 0.3 is 0 Å². The maximum absolute atomic E-state index is 12.0. The van der Waals surface area contributed by atoms with Gasteiger partial charge in [0, 0.05) is 29.7 Å². The highest BCUT2D eigenvalue weighted by Crippen LogP contribution is 2.11. The molecule has 5 nitrogen and oxygen atoms in total. The number of amides is 1. The Morgan fingerprint density at radius 1 is 1.21 bits per heavy atom. The van der Waals surface area contributed by atoms with Gasteiger partial charge in [0.2, 0.25) is 0 Å². The second-order valence-corrected chi connectivity index (χ2v) is 6.72. The van der Waals surface area contributed by atoms with Crippen molar-refractivity contribution in [2.45, 2.75) is 13.5 Å². The highest BCUT2D eigenvalue weighted by atomic mass is 79.9. The average molecular weight is 409 g/mol. The maximum Gasteiger partial charge on any atom is 0.251 e. The molecule has 24 heavy (non-hydrogen) atoms. The third kappa shape index (κ3) is 6.33. The van der Waals surface area contributed by atoms with Crippen molar-refractivity contribution in [3.05, 3.63) is 56.7 Å². The molecule has 3 N–H and O–H groups in total. The summed E-state index contributed by atoms with van der Waals surface area (Å²) in [4.78, 5) is 16.6.